The summed E-state index contributed by atoms with van der Waals surface area (Å²) in [6, 6.07) is 0. The third kappa shape index (κ3) is 6.96. The minimum atomic E-state index is 0.0116. The number of ether oxygens (including phenoxy) is 2. The molecule has 88 valence electrons. The molecule has 1 atom stereocenters. The molecule has 0 aromatic carbocycles. The monoisotopic (exact) mass is 276 g/mol. The van der Waals surface area contributed by atoms with Crippen molar-refractivity contribution in [2.75, 3.05) is 11.9 Å². The third-order valence-corrected chi connectivity index (χ3v) is 3.03. The molecular formula is C12H21BrO2. The van der Waals surface area contributed by atoms with E-state index in [0.29, 0.717) is 0 Å². The van der Waals surface area contributed by atoms with E-state index < -0.39 is 0 Å². The Hall–Kier alpha value is -0.0200. The van der Waals surface area contributed by atoms with Gasteiger partial charge in [-0.2, -0.15) is 0 Å². The van der Waals surface area contributed by atoms with Crippen LogP contribution in [-0.4, -0.2) is 18.2 Å². The molecule has 1 aliphatic heterocycles. The van der Waals surface area contributed by atoms with Crippen molar-refractivity contribution in [2.24, 2.45) is 0 Å². The number of unbranched alkanes of at least 4 members (excludes halogenated alkanes) is 3. The van der Waals surface area contributed by atoms with Gasteiger partial charge in [-0.25, -0.2) is 0 Å². The van der Waals surface area contributed by atoms with E-state index in [-0.39, 0.29) is 6.29 Å². The Balaban J connectivity index is 1.91. The van der Waals surface area contributed by atoms with Gasteiger partial charge < -0.3 is 9.47 Å². The van der Waals surface area contributed by atoms with Gasteiger partial charge in [0.2, 0.25) is 0 Å². The van der Waals surface area contributed by atoms with E-state index in [2.05, 4.69) is 22.0 Å². The van der Waals surface area contributed by atoms with Crippen LogP contribution < -0.4 is 0 Å². The van der Waals surface area contributed by atoms with Crippen LogP contribution in [0.25, 0.3) is 0 Å². The van der Waals surface area contributed by atoms with Crippen LogP contribution in [0.3, 0.4) is 0 Å². The van der Waals surface area contributed by atoms with Gasteiger partial charge in [-0.05, 0) is 38.2 Å². The van der Waals surface area contributed by atoms with Crippen molar-refractivity contribution in [3.8, 4) is 0 Å². The molecule has 3 heteroatoms. The van der Waals surface area contributed by atoms with Crippen LogP contribution in [-0.2, 0) is 9.47 Å². The summed E-state index contributed by atoms with van der Waals surface area (Å²) >= 11 is 3.43. The Bertz CT molecular complexity index is 165. The predicted octanol–water partition coefficient (Wildman–Crippen LogP) is 4.00. The Morgan fingerprint density at radius 2 is 2.20 bits per heavy atom. The molecule has 1 unspecified atom stereocenters. The standard InChI is InChI=1S/C12H21BrO2/c13-9-5-2-1-3-6-10-14-12-8-4-7-11-15-12/h6,10,12H,1-5,7-9,11H2/b10-6+. The Labute approximate surface area is 101 Å². The Morgan fingerprint density at radius 1 is 1.27 bits per heavy atom. The summed E-state index contributed by atoms with van der Waals surface area (Å²) in [6.45, 7) is 0.851. The number of halogens is 1. The molecule has 1 heterocycles. The van der Waals surface area contributed by atoms with Crippen LogP contribution in [0, 0.1) is 0 Å². The third-order valence-electron chi connectivity index (χ3n) is 2.47. The van der Waals surface area contributed by atoms with Crippen LogP contribution in [0.1, 0.15) is 44.9 Å². The normalized spacial score (nSPS) is 22.1. The number of hydrogen-bond donors (Lipinski definition) is 0. The van der Waals surface area contributed by atoms with Crippen LogP contribution in [0.4, 0.5) is 0 Å². The number of hydrogen-bond acceptors (Lipinski definition) is 2. The fourth-order valence-corrected chi connectivity index (χ4v) is 1.96. The second-order valence-electron chi connectivity index (χ2n) is 3.84. The van der Waals surface area contributed by atoms with Gasteiger partial charge in [0.05, 0.1) is 12.9 Å². The first-order valence-electron chi connectivity index (χ1n) is 5.91. The second-order valence-corrected chi connectivity index (χ2v) is 4.64. The maximum absolute atomic E-state index is 5.48. The van der Waals surface area contributed by atoms with Crippen LogP contribution in [0.5, 0.6) is 0 Å². The average Bonchev–Trinajstić information content (AvgIpc) is 2.29. The van der Waals surface area contributed by atoms with Crippen molar-refractivity contribution in [3.05, 3.63) is 12.3 Å². The molecular weight excluding hydrogens is 256 g/mol. The van der Waals surface area contributed by atoms with Gasteiger partial charge >= 0.3 is 0 Å². The van der Waals surface area contributed by atoms with E-state index in [1.807, 2.05) is 6.26 Å². The molecule has 1 fully saturated rings. The highest BCUT2D eigenvalue weighted by molar-refractivity contribution is 9.09. The fourth-order valence-electron chi connectivity index (χ4n) is 1.56. The molecule has 1 saturated heterocycles. The summed E-state index contributed by atoms with van der Waals surface area (Å²) in [6.07, 6.45) is 12.3. The maximum Gasteiger partial charge on any atom is 0.198 e. The fraction of sp³-hybridized carbons (Fsp3) is 0.833. The van der Waals surface area contributed by atoms with E-state index in [1.54, 1.807) is 0 Å². The molecule has 15 heavy (non-hydrogen) atoms. The van der Waals surface area contributed by atoms with E-state index in [1.165, 1.54) is 32.1 Å². The largest absolute Gasteiger partial charge is 0.473 e. The zero-order chi connectivity index (χ0) is 10.8. The average molecular weight is 277 g/mol. The molecule has 1 rings (SSSR count). The summed E-state index contributed by atoms with van der Waals surface area (Å²) < 4.78 is 10.9. The lowest BCUT2D eigenvalue weighted by molar-refractivity contribution is -0.129. The summed E-state index contributed by atoms with van der Waals surface area (Å²) in [4.78, 5) is 0. The summed E-state index contributed by atoms with van der Waals surface area (Å²) in [5, 5.41) is 1.11. The topological polar surface area (TPSA) is 18.5 Å². The summed E-state index contributed by atoms with van der Waals surface area (Å²) in [5.74, 6) is 0. The molecule has 1 aliphatic rings. The molecule has 0 amide bonds. The quantitative estimate of drug-likeness (QED) is 0.398. The van der Waals surface area contributed by atoms with E-state index in [9.17, 15) is 0 Å². The van der Waals surface area contributed by atoms with Crippen molar-refractivity contribution >= 4 is 15.9 Å². The van der Waals surface area contributed by atoms with Crippen LogP contribution >= 0.6 is 15.9 Å². The van der Waals surface area contributed by atoms with Gasteiger partial charge in [0.1, 0.15) is 0 Å². The maximum atomic E-state index is 5.48. The van der Waals surface area contributed by atoms with Crippen molar-refractivity contribution in [1.29, 1.82) is 0 Å². The predicted molar refractivity (Wildman–Crippen MR) is 66.1 cm³/mol. The van der Waals surface area contributed by atoms with Crippen molar-refractivity contribution in [2.45, 2.75) is 51.2 Å². The molecule has 0 aromatic heterocycles. The highest BCUT2D eigenvalue weighted by Crippen LogP contribution is 2.14. The van der Waals surface area contributed by atoms with Gasteiger partial charge in [0.15, 0.2) is 6.29 Å². The smallest absolute Gasteiger partial charge is 0.198 e. The Kier molecular flexibility index (Phi) is 8.02. The zero-order valence-electron chi connectivity index (χ0n) is 9.29. The molecule has 2 nitrogen and oxygen atoms in total. The Morgan fingerprint density at radius 3 is 2.93 bits per heavy atom. The van der Waals surface area contributed by atoms with Gasteiger partial charge in [0.25, 0.3) is 0 Å². The summed E-state index contributed by atoms with van der Waals surface area (Å²) in [5.41, 5.74) is 0. The molecule has 0 radical (unpaired) electrons. The number of allylic oxidation sites excluding steroid dienone is 1. The zero-order valence-corrected chi connectivity index (χ0v) is 10.9. The van der Waals surface area contributed by atoms with E-state index in [0.717, 1.165) is 24.8 Å². The molecule has 0 saturated carbocycles. The van der Waals surface area contributed by atoms with Gasteiger partial charge in [-0.3, -0.25) is 0 Å². The summed E-state index contributed by atoms with van der Waals surface area (Å²) in [7, 11) is 0. The second kappa shape index (κ2) is 9.22. The van der Waals surface area contributed by atoms with E-state index >= 15 is 0 Å². The van der Waals surface area contributed by atoms with Gasteiger partial charge in [0, 0.05) is 11.8 Å². The molecule has 0 bridgehead atoms. The lowest BCUT2D eigenvalue weighted by atomic mass is 10.2. The lowest BCUT2D eigenvalue weighted by Crippen LogP contribution is -2.19. The molecule has 0 N–H and O–H groups in total. The van der Waals surface area contributed by atoms with Crippen LogP contribution in [0.15, 0.2) is 12.3 Å². The highest BCUT2D eigenvalue weighted by Gasteiger charge is 2.12. The first kappa shape index (κ1) is 13.0. The van der Waals surface area contributed by atoms with Gasteiger partial charge in [-0.15, -0.1) is 0 Å². The highest BCUT2D eigenvalue weighted by atomic mass is 79.9. The number of alkyl halides is 1. The van der Waals surface area contributed by atoms with Crippen molar-refractivity contribution in [1.82, 2.24) is 0 Å². The van der Waals surface area contributed by atoms with Crippen molar-refractivity contribution < 1.29 is 9.47 Å². The minimum Gasteiger partial charge on any atom is -0.473 e. The number of rotatable bonds is 7. The molecule has 0 spiro atoms. The van der Waals surface area contributed by atoms with E-state index in [4.69, 9.17) is 9.47 Å². The lowest BCUT2D eigenvalue weighted by Gasteiger charge is -2.21. The van der Waals surface area contributed by atoms with Crippen molar-refractivity contribution in [3.63, 3.8) is 0 Å². The van der Waals surface area contributed by atoms with Gasteiger partial charge in [-0.1, -0.05) is 22.4 Å². The first-order chi connectivity index (χ1) is 7.43. The molecule has 0 aromatic rings. The minimum absolute atomic E-state index is 0.0116. The SMILES string of the molecule is BrCCCCC/C=C/OC1CCCCO1. The molecule has 0 aliphatic carbocycles. The first-order valence-corrected chi connectivity index (χ1v) is 7.03. The van der Waals surface area contributed by atoms with Crippen LogP contribution in [0.2, 0.25) is 0 Å².